The Kier molecular flexibility index (Phi) is 2.81. The minimum atomic E-state index is 0.242. The van der Waals surface area contributed by atoms with Gasteiger partial charge in [-0.15, -0.1) is 11.8 Å². The predicted molar refractivity (Wildman–Crippen MR) is 81.0 cm³/mol. The number of para-hydroxylation sites is 1. The van der Waals surface area contributed by atoms with Crippen molar-refractivity contribution in [2.75, 3.05) is 11.7 Å². The van der Waals surface area contributed by atoms with Gasteiger partial charge in [-0.25, -0.2) is 0 Å². The van der Waals surface area contributed by atoms with Gasteiger partial charge in [0, 0.05) is 11.9 Å². The topological polar surface area (TPSA) is 21.7 Å². The summed E-state index contributed by atoms with van der Waals surface area (Å²) in [6, 6.07) is 16.6. The molecule has 0 bridgehead atoms. The number of nitrogens with zero attached hydrogens (tertiary/aromatic N) is 1. The van der Waals surface area contributed by atoms with Crippen molar-refractivity contribution >= 4 is 17.4 Å². The molecule has 0 aliphatic carbocycles. The van der Waals surface area contributed by atoms with E-state index in [1.807, 2.05) is 12.1 Å². The summed E-state index contributed by atoms with van der Waals surface area (Å²) in [4.78, 5) is 2.27. The third-order valence-corrected chi connectivity index (χ3v) is 4.45. The van der Waals surface area contributed by atoms with Crippen LogP contribution in [0.1, 0.15) is 10.9 Å². The summed E-state index contributed by atoms with van der Waals surface area (Å²) in [6.45, 7) is 0.317. The van der Waals surface area contributed by atoms with Crippen LogP contribution in [0.25, 0.3) is 0 Å². The SMILES string of the molecule is C1=CN(c2ccccc2)C(c2ccc3c(c2)OCO3)S1. The van der Waals surface area contributed by atoms with Gasteiger partial charge >= 0.3 is 0 Å². The molecule has 0 spiro atoms. The highest BCUT2D eigenvalue weighted by Gasteiger charge is 2.25. The van der Waals surface area contributed by atoms with E-state index in [9.17, 15) is 0 Å². The van der Waals surface area contributed by atoms with Crippen LogP contribution in [0, 0.1) is 0 Å². The molecule has 2 heterocycles. The highest BCUT2D eigenvalue weighted by molar-refractivity contribution is 8.02. The van der Waals surface area contributed by atoms with Gasteiger partial charge in [0.05, 0.1) is 0 Å². The molecule has 0 fully saturated rings. The van der Waals surface area contributed by atoms with Crippen LogP contribution in [0.5, 0.6) is 11.5 Å². The largest absolute Gasteiger partial charge is 0.454 e. The molecule has 2 aromatic carbocycles. The lowest BCUT2D eigenvalue weighted by Crippen LogP contribution is -2.16. The van der Waals surface area contributed by atoms with Crippen LogP contribution >= 0.6 is 11.8 Å². The van der Waals surface area contributed by atoms with Crippen LogP contribution in [-0.2, 0) is 0 Å². The monoisotopic (exact) mass is 283 g/mol. The van der Waals surface area contributed by atoms with Crippen molar-refractivity contribution in [1.82, 2.24) is 0 Å². The van der Waals surface area contributed by atoms with Gasteiger partial charge in [0.2, 0.25) is 6.79 Å². The first-order valence-electron chi connectivity index (χ1n) is 6.47. The number of anilines is 1. The molecule has 0 radical (unpaired) electrons. The summed E-state index contributed by atoms with van der Waals surface area (Å²) in [5.74, 6) is 1.67. The number of thioether (sulfide) groups is 1. The van der Waals surface area contributed by atoms with Crippen molar-refractivity contribution in [2.24, 2.45) is 0 Å². The molecule has 2 aliphatic rings. The Morgan fingerprint density at radius 1 is 1.00 bits per heavy atom. The summed E-state index contributed by atoms with van der Waals surface area (Å²) in [5.41, 5.74) is 2.41. The molecular formula is C16H13NO2S. The fourth-order valence-electron chi connectivity index (χ4n) is 2.45. The normalized spacial score (nSPS) is 19.6. The van der Waals surface area contributed by atoms with E-state index in [1.54, 1.807) is 11.8 Å². The van der Waals surface area contributed by atoms with E-state index in [-0.39, 0.29) is 5.37 Å². The maximum Gasteiger partial charge on any atom is 0.231 e. The average molecular weight is 283 g/mol. The van der Waals surface area contributed by atoms with Crippen LogP contribution in [0.2, 0.25) is 0 Å². The van der Waals surface area contributed by atoms with Gasteiger partial charge in [0.1, 0.15) is 5.37 Å². The Labute approximate surface area is 121 Å². The molecule has 1 unspecified atom stereocenters. The Morgan fingerprint density at radius 2 is 1.85 bits per heavy atom. The fourth-order valence-corrected chi connectivity index (χ4v) is 3.42. The van der Waals surface area contributed by atoms with E-state index < -0.39 is 0 Å². The van der Waals surface area contributed by atoms with Crippen LogP contribution < -0.4 is 14.4 Å². The molecule has 100 valence electrons. The second-order valence-corrected chi connectivity index (χ2v) is 5.62. The van der Waals surface area contributed by atoms with E-state index >= 15 is 0 Å². The molecule has 0 saturated carbocycles. The Morgan fingerprint density at radius 3 is 2.75 bits per heavy atom. The Hall–Kier alpha value is -2.07. The van der Waals surface area contributed by atoms with Gasteiger partial charge in [-0.1, -0.05) is 24.3 Å². The molecule has 0 amide bonds. The third-order valence-electron chi connectivity index (χ3n) is 3.42. The second kappa shape index (κ2) is 4.80. The first kappa shape index (κ1) is 11.7. The molecule has 0 aromatic heterocycles. The molecule has 0 N–H and O–H groups in total. The Balaban J connectivity index is 1.68. The average Bonchev–Trinajstić information content (AvgIpc) is 3.16. The van der Waals surface area contributed by atoms with Gasteiger partial charge in [0.25, 0.3) is 0 Å². The maximum atomic E-state index is 5.47. The first-order valence-corrected chi connectivity index (χ1v) is 7.41. The van der Waals surface area contributed by atoms with Gasteiger partial charge in [0.15, 0.2) is 11.5 Å². The zero-order valence-corrected chi connectivity index (χ0v) is 11.5. The van der Waals surface area contributed by atoms with E-state index in [2.05, 4.69) is 52.9 Å². The van der Waals surface area contributed by atoms with E-state index in [0.29, 0.717) is 6.79 Å². The standard InChI is InChI=1S/C16H13NO2S/c1-2-4-13(5-3-1)17-8-9-20-16(17)12-6-7-14-15(10-12)19-11-18-14/h1-10,16H,11H2. The molecule has 2 aliphatic heterocycles. The fraction of sp³-hybridized carbons (Fsp3) is 0.125. The van der Waals surface area contributed by atoms with Crippen molar-refractivity contribution in [3.63, 3.8) is 0 Å². The predicted octanol–water partition coefficient (Wildman–Crippen LogP) is 4.14. The minimum absolute atomic E-state index is 0.242. The molecule has 3 nitrogen and oxygen atoms in total. The first-order chi connectivity index (χ1) is 9.92. The molecule has 20 heavy (non-hydrogen) atoms. The third kappa shape index (κ3) is 1.93. The lowest BCUT2D eigenvalue weighted by atomic mass is 10.1. The van der Waals surface area contributed by atoms with E-state index in [4.69, 9.17) is 9.47 Å². The molecule has 4 rings (SSSR count). The lowest BCUT2D eigenvalue weighted by Gasteiger charge is -2.25. The molecular weight excluding hydrogens is 270 g/mol. The zero-order chi connectivity index (χ0) is 13.4. The number of hydrogen-bond acceptors (Lipinski definition) is 4. The smallest absolute Gasteiger partial charge is 0.231 e. The summed E-state index contributed by atoms with van der Waals surface area (Å²) in [5, 5.41) is 2.37. The maximum absolute atomic E-state index is 5.47. The summed E-state index contributed by atoms with van der Waals surface area (Å²) in [6.07, 6.45) is 2.12. The summed E-state index contributed by atoms with van der Waals surface area (Å²) < 4.78 is 10.8. The van der Waals surface area contributed by atoms with Gasteiger partial charge in [-0.2, -0.15) is 0 Å². The number of ether oxygens (including phenoxy) is 2. The van der Waals surface area contributed by atoms with Gasteiger partial charge in [-0.3, -0.25) is 0 Å². The minimum Gasteiger partial charge on any atom is -0.454 e. The number of rotatable bonds is 2. The number of fused-ring (bicyclic) bond motifs is 1. The van der Waals surface area contributed by atoms with E-state index in [1.165, 1.54) is 11.3 Å². The molecule has 1 atom stereocenters. The summed E-state index contributed by atoms with van der Waals surface area (Å²) >= 11 is 1.79. The van der Waals surface area contributed by atoms with Crippen LogP contribution in [0.3, 0.4) is 0 Å². The lowest BCUT2D eigenvalue weighted by molar-refractivity contribution is 0.174. The van der Waals surface area contributed by atoms with Crippen LogP contribution in [0.15, 0.2) is 60.1 Å². The van der Waals surface area contributed by atoms with Gasteiger partial charge in [-0.05, 0) is 35.2 Å². The molecule has 0 saturated heterocycles. The zero-order valence-electron chi connectivity index (χ0n) is 10.7. The van der Waals surface area contributed by atoms with Crippen molar-refractivity contribution in [3.8, 4) is 11.5 Å². The van der Waals surface area contributed by atoms with Crippen molar-refractivity contribution in [2.45, 2.75) is 5.37 Å². The number of benzene rings is 2. The summed E-state index contributed by atoms with van der Waals surface area (Å²) in [7, 11) is 0. The highest BCUT2D eigenvalue weighted by Crippen LogP contribution is 2.44. The second-order valence-electron chi connectivity index (χ2n) is 4.63. The van der Waals surface area contributed by atoms with Crippen molar-refractivity contribution in [3.05, 3.63) is 65.7 Å². The molecule has 2 aromatic rings. The van der Waals surface area contributed by atoms with Crippen molar-refractivity contribution < 1.29 is 9.47 Å². The Bertz CT molecular complexity index is 657. The quantitative estimate of drug-likeness (QED) is 0.825. The van der Waals surface area contributed by atoms with Crippen LogP contribution in [0.4, 0.5) is 5.69 Å². The van der Waals surface area contributed by atoms with E-state index in [0.717, 1.165) is 11.5 Å². The highest BCUT2D eigenvalue weighted by atomic mass is 32.2. The molecule has 4 heteroatoms. The van der Waals surface area contributed by atoms with Crippen LogP contribution in [-0.4, -0.2) is 6.79 Å². The van der Waals surface area contributed by atoms with Gasteiger partial charge < -0.3 is 14.4 Å². The number of hydrogen-bond donors (Lipinski definition) is 0. The van der Waals surface area contributed by atoms with Crippen molar-refractivity contribution in [1.29, 1.82) is 0 Å².